The zero-order valence-electron chi connectivity index (χ0n) is 8.72. The number of hydrogen-bond acceptors (Lipinski definition) is 2. The quantitative estimate of drug-likeness (QED) is 0.716. The van der Waals surface area contributed by atoms with E-state index in [0.717, 1.165) is 18.2 Å². The van der Waals surface area contributed by atoms with Crippen LogP contribution in [-0.4, -0.2) is 6.54 Å². The molecule has 0 aliphatic heterocycles. The SMILES string of the molecule is Cc1ccc(N)cc1NCCC1CC1. The first-order valence-electron chi connectivity index (χ1n) is 5.36. The molecule has 14 heavy (non-hydrogen) atoms. The summed E-state index contributed by atoms with van der Waals surface area (Å²) in [5, 5.41) is 3.45. The summed E-state index contributed by atoms with van der Waals surface area (Å²) in [6.45, 7) is 3.19. The monoisotopic (exact) mass is 190 g/mol. The van der Waals surface area contributed by atoms with Gasteiger partial charge in [-0.1, -0.05) is 18.9 Å². The average Bonchev–Trinajstić information content (AvgIpc) is 2.95. The van der Waals surface area contributed by atoms with Crippen molar-refractivity contribution < 1.29 is 0 Å². The Bertz CT molecular complexity index is 316. The van der Waals surface area contributed by atoms with E-state index in [1.54, 1.807) is 0 Å². The minimum atomic E-state index is 0.838. The number of anilines is 2. The topological polar surface area (TPSA) is 38.0 Å². The first-order chi connectivity index (χ1) is 6.75. The Morgan fingerprint density at radius 2 is 2.21 bits per heavy atom. The van der Waals surface area contributed by atoms with Gasteiger partial charge in [-0.15, -0.1) is 0 Å². The van der Waals surface area contributed by atoms with E-state index in [-0.39, 0.29) is 0 Å². The molecule has 1 aliphatic carbocycles. The molecule has 76 valence electrons. The van der Waals surface area contributed by atoms with E-state index in [1.165, 1.54) is 30.5 Å². The zero-order valence-corrected chi connectivity index (χ0v) is 8.72. The van der Waals surface area contributed by atoms with Gasteiger partial charge < -0.3 is 11.1 Å². The van der Waals surface area contributed by atoms with E-state index in [9.17, 15) is 0 Å². The highest BCUT2D eigenvalue weighted by atomic mass is 14.9. The van der Waals surface area contributed by atoms with Gasteiger partial charge in [0.1, 0.15) is 0 Å². The van der Waals surface area contributed by atoms with E-state index >= 15 is 0 Å². The highest BCUT2D eigenvalue weighted by Gasteiger charge is 2.20. The van der Waals surface area contributed by atoms with Crippen LogP contribution >= 0.6 is 0 Å². The van der Waals surface area contributed by atoms with E-state index in [1.807, 2.05) is 12.1 Å². The summed E-state index contributed by atoms with van der Waals surface area (Å²) in [5.74, 6) is 0.990. The largest absolute Gasteiger partial charge is 0.399 e. The molecule has 3 N–H and O–H groups in total. The molecule has 1 fully saturated rings. The number of nitrogen functional groups attached to an aromatic ring is 1. The van der Waals surface area contributed by atoms with Crippen molar-refractivity contribution in [1.82, 2.24) is 0 Å². The number of aryl methyl sites for hydroxylation is 1. The molecule has 1 saturated carbocycles. The van der Waals surface area contributed by atoms with E-state index in [0.29, 0.717) is 0 Å². The molecule has 0 bridgehead atoms. The fourth-order valence-corrected chi connectivity index (χ4v) is 1.65. The van der Waals surface area contributed by atoms with Crippen LogP contribution in [0.3, 0.4) is 0 Å². The van der Waals surface area contributed by atoms with Gasteiger partial charge in [-0.2, -0.15) is 0 Å². The maximum atomic E-state index is 5.73. The maximum absolute atomic E-state index is 5.73. The molecule has 0 spiro atoms. The van der Waals surface area contributed by atoms with Gasteiger partial charge in [0.15, 0.2) is 0 Å². The summed E-state index contributed by atoms with van der Waals surface area (Å²) in [7, 11) is 0. The Hall–Kier alpha value is -1.18. The molecule has 0 radical (unpaired) electrons. The third-order valence-electron chi connectivity index (χ3n) is 2.83. The highest BCUT2D eigenvalue weighted by Crippen LogP contribution is 2.32. The van der Waals surface area contributed by atoms with Crippen LogP contribution in [0.25, 0.3) is 0 Å². The van der Waals surface area contributed by atoms with E-state index in [4.69, 9.17) is 5.73 Å². The van der Waals surface area contributed by atoms with E-state index < -0.39 is 0 Å². The smallest absolute Gasteiger partial charge is 0.0390 e. The second-order valence-corrected chi connectivity index (χ2v) is 4.23. The summed E-state index contributed by atoms with van der Waals surface area (Å²) in [6, 6.07) is 6.03. The van der Waals surface area contributed by atoms with Crippen molar-refractivity contribution in [3.63, 3.8) is 0 Å². The fraction of sp³-hybridized carbons (Fsp3) is 0.500. The molecule has 2 nitrogen and oxygen atoms in total. The second kappa shape index (κ2) is 3.91. The minimum absolute atomic E-state index is 0.838. The van der Waals surface area contributed by atoms with Crippen LogP contribution in [0, 0.1) is 12.8 Å². The number of benzene rings is 1. The third kappa shape index (κ3) is 2.41. The molecule has 1 aliphatic rings. The van der Waals surface area contributed by atoms with Gasteiger partial charge in [0.2, 0.25) is 0 Å². The molecule has 2 rings (SSSR count). The molecule has 0 saturated heterocycles. The molecule has 0 unspecified atom stereocenters. The molecular weight excluding hydrogens is 172 g/mol. The van der Waals surface area contributed by atoms with Gasteiger partial charge in [-0.25, -0.2) is 0 Å². The van der Waals surface area contributed by atoms with Crippen molar-refractivity contribution in [2.24, 2.45) is 5.92 Å². The van der Waals surface area contributed by atoms with Gasteiger partial charge in [0.25, 0.3) is 0 Å². The number of nitrogens with two attached hydrogens (primary N) is 1. The molecule has 1 aromatic carbocycles. The Kier molecular flexibility index (Phi) is 2.62. The van der Waals surface area contributed by atoms with Gasteiger partial charge in [0, 0.05) is 17.9 Å². The molecule has 0 aromatic heterocycles. The average molecular weight is 190 g/mol. The van der Waals surface area contributed by atoms with Gasteiger partial charge in [0.05, 0.1) is 0 Å². The lowest BCUT2D eigenvalue weighted by Gasteiger charge is -2.09. The first-order valence-corrected chi connectivity index (χ1v) is 5.36. The lowest BCUT2D eigenvalue weighted by molar-refractivity contribution is 0.760. The maximum Gasteiger partial charge on any atom is 0.0390 e. The van der Waals surface area contributed by atoms with Crippen LogP contribution in [0.2, 0.25) is 0 Å². The van der Waals surface area contributed by atoms with Crippen molar-refractivity contribution in [3.05, 3.63) is 23.8 Å². The van der Waals surface area contributed by atoms with Crippen LogP contribution in [0.4, 0.5) is 11.4 Å². The van der Waals surface area contributed by atoms with Crippen molar-refractivity contribution in [3.8, 4) is 0 Å². The molecule has 0 amide bonds. The van der Waals surface area contributed by atoms with Crippen molar-refractivity contribution in [2.45, 2.75) is 26.2 Å². The third-order valence-corrected chi connectivity index (χ3v) is 2.83. The Labute approximate surface area is 85.5 Å². The number of hydrogen-bond donors (Lipinski definition) is 2. The Morgan fingerprint density at radius 3 is 2.93 bits per heavy atom. The Morgan fingerprint density at radius 1 is 1.43 bits per heavy atom. The van der Waals surface area contributed by atoms with Crippen LogP contribution in [0.5, 0.6) is 0 Å². The highest BCUT2D eigenvalue weighted by molar-refractivity contribution is 5.59. The van der Waals surface area contributed by atoms with Crippen LogP contribution < -0.4 is 11.1 Å². The zero-order chi connectivity index (χ0) is 9.97. The second-order valence-electron chi connectivity index (χ2n) is 4.23. The first kappa shape index (κ1) is 9.38. The van der Waals surface area contributed by atoms with Crippen LogP contribution in [-0.2, 0) is 0 Å². The lowest BCUT2D eigenvalue weighted by Crippen LogP contribution is -2.04. The normalized spacial score (nSPS) is 15.5. The standard InChI is InChI=1S/C12H18N2/c1-9-2-5-11(13)8-12(9)14-7-6-10-3-4-10/h2,5,8,10,14H,3-4,6-7,13H2,1H3. The van der Waals surface area contributed by atoms with Crippen LogP contribution in [0.15, 0.2) is 18.2 Å². The van der Waals surface area contributed by atoms with Crippen molar-refractivity contribution in [1.29, 1.82) is 0 Å². The molecule has 2 heteroatoms. The number of rotatable bonds is 4. The predicted octanol–water partition coefficient (Wildman–Crippen LogP) is 2.79. The summed E-state index contributed by atoms with van der Waals surface area (Å²) in [6.07, 6.45) is 4.16. The van der Waals surface area contributed by atoms with Crippen molar-refractivity contribution in [2.75, 3.05) is 17.6 Å². The fourth-order valence-electron chi connectivity index (χ4n) is 1.65. The molecule has 0 heterocycles. The van der Waals surface area contributed by atoms with Crippen LogP contribution in [0.1, 0.15) is 24.8 Å². The van der Waals surface area contributed by atoms with Gasteiger partial charge in [-0.05, 0) is 37.0 Å². The molecule has 0 atom stereocenters. The minimum Gasteiger partial charge on any atom is -0.399 e. The predicted molar refractivity (Wildman–Crippen MR) is 61.4 cm³/mol. The summed E-state index contributed by atoms with van der Waals surface area (Å²) in [4.78, 5) is 0. The Balaban J connectivity index is 1.89. The lowest BCUT2D eigenvalue weighted by atomic mass is 10.1. The molecular formula is C12H18N2. The number of nitrogens with one attached hydrogen (secondary N) is 1. The summed E-state index contributed by atoms with van der Waals surface area (Å²) >= 11 is 0. The summed E-state index contributed by atoms with van der Waals surface area (Å²) in [5.41, 5.74) is 9.03. The van der Waals surface area contributed by atoms with E-state index in [2.05, 4.69) is 18.3 Å². The molecule has 1 aromatic rings. The van der Waals surface area contributed by atoms with Gasteiger partial charge in [-0.3, -0.25) is 0 Å². The van der Waals surface area contributed by atoms with Gasteiger partial charge >= 0.3 is 0 Å². The summed E-state index contributed by atoms with van der Waals surface area (Å²) < 4.78 is 0. The van der Waals surface area contributed by atoms with Crippen molar-refractivity contribution >= 4 is 11.4 Å².